The van der Waals surface area contributed by atoms with Crippen LogP contribution < -0.4 is 13.9 Å². The number of amides is 1. The zero-order valence-corrected chi connectivity index (χ0v) is 16.7. The molecule has 0 aliphatic heterocycles. The van der Waals surface area contributed by atoms with Gasteiger partial charge in [0, 0.05) is 19.7 Å². The maximum Gasteiger partial charge on any atom is 0.232 e. The number of hydrogen-bond acceptors (Lipinski definition) is 5. The van der Waals surface area contributed by atoms with Gasteiger partial charge in [0.1, 0.15) is 24.3 Å². The maximum atomic E-state index is 13.1. The molecule has 152 valence electrons. The van der Waals surface area contributed by atoms with Crippen molar-refractivity contribution in [2.24, 2.45) is 0 Å². The van der Waals surface area contributed by atoms with Gasteiger partial charge in [-0.1, -0.05) is 0 Å². The first-order valence-corrected chi connectivity index (χ1v) is 10.3. The summed E-state index contributed by atoms with van der Waals surface area (Å²) in [6, 6.07) is 11.6. The van der Waals surface area contributed by atoms with Crippen LogP contribution in [0.5, 0.6) is 5.75 Å². The van der Waals surface area contributed by atoms with Crippen LogP contribution in [0.1, 0.15) is 6.92 Å². The van der Waals surface area contributed by atoms with Crippen molar-refractivity contribution in [3.63, 3.8) is 0 Å². The lowest BCUT2D eigenvalue weighted by atomic mass is 10.2. The molecule has 1 N–H and O–H groups in total. The Morgan fingerprint density at radius 2 is 1.64 bits per heavy atom. The molecule has 2 aromatic rings. The van der Waals surface area contributed by atoms with Crippen LogP contribution in [0.4, 0.5) is 15.8 Å². The first kappa shape index (κ1) is 21.6. The molecule has 0 heterocycles. The van der Waals surface area contributed by atoms with E-state index in [0.29, 0.717) is 11.4 Å². The third-order valence-electron chi connectivity index (χ3n) is 4.03. The van der Waals surface area contributed by atoms with Crippen molar-refractivity contribution >= 4 is 27.3 Å². The molecule has 9 heteroatoms. The van der Waals surface area contributed by atoms with Gasteiger partial charge in [-0.2, -0.15) is 0 Å². The van der Waals surface area contributed by atoms with E-state index in [2.05, 4.69) is 0 Å². The molecule has 0 saturated carbocycles. The number of aliphatic hydroxyl groups excluding tert-OH is 1. The highest BCUT2D eigenvalue weighted by molar-refractivity contribution is 7.92. The molecular formula is C19H23FN2O5S. The topological polar surface area (TPSA) is 87.2 Å². The second-order valence-corrected chi connectivity index (χ2v) is 8.21. The average molecular weight is 410 g/mol. The molecule has 0 aliphatic carbocycles. The standard InChI is InChI=1S/C19H23FN2O5S/c1-14(23)21(2)16-8-10-19(11-9-16)27-13-18(24)12-22(28(3,25)26)17-6-4-15(20)5-7-17/h4-11,18,24H,12-13H2,1-3H3/t18-/m1/s1. The number of anilines is 2. The van der Waals surface area contributed by atoms with E-state index in [1.807, 2.05) is 0 Å². The molecule has 0 aromatic heterocycles. The van der Waals surface area contributed by atoms with Crippen LogP contribution in [0.15, 0.2) is 48.5 Å². The van der Waals surface area contributed by atoms with Gasteiger partial charge >= 0.3 is 0 Å². The third-order valence-corrected chi connectivity index (χ3v) is 5.19. The molecule has 0 aliphatic rings. The Balaban J connectivity index is 2.00. The highest BCUT2D eigenvalue weighted by atomic mass is 32.2. The fourth-order valence-corrected chi connectivity index (χ4v) is 3.37. The molecule has 0 unspecified atom stereocenters. The number of sulfonamides is 1. The molecule has 1 atom stereocenters. The minimum absolute atomic E-state index is 0.106. The molecule has 0 bridgehead atoms. The minimum Gasteiger partial charge on any atom is -0.491 e. The van der Waals surface area contributed by atoms with Gasteiger partial charge in [-0.3, -0.25) is 9.10 Å². The van der Waals surface area contributed by atoms with Crippen molar-refractivity contribution in [1.82, 2.24) is 0 Å². The molecule has 0 radical (unpaired) electrons. The first-order valence-electron chi connectivity index (χ1n) is 8.46. The Morgan fingerprint density at radius 3 is 2.14 bits per heavy atom. The summed E-state index contributed by atoms with van der Waals surface area (Å²) in [4.78, 5) is 12.8. The molecule has 0 fully saturated rings. The zero-order valence-electron chi connectivity index (χ0n) is 15.9. The Labute approximate surface area is 164 Å². The Hall–Kier alpha value is -2.65. The van der Waals surface area contributed by atoms with Gasteiger partial charge in [0.25, 0.3) is 0 Å². The van der Waals surface area contributed by atoms with E-state index in [-0.39, 0.29) is 24.7 Å². The largest absolute Gasteiger partial charge is 0.491 e. The van der Waals surface area contributed by atoms with E-state index < -0.39 is 21.9 Å². The van der Waals surface area contributed by atoms with Crippen LogP contribution in [-0.2, 0) is 14.8 Å². The van der Waals surface area contributed by atoms with E-state index in [0.717, 1.165) is 22.7 Å². The van der Waals surface area contributed by atoms with Crippen molar-refractivity contribution in [2.75, 3.05) is 35.7 Å². The van der Waals surface area contributed by atoms with Gasteiger partial charge in [-0.15, -0.1) is 0 Å². The van der Waals surface area contributed by atoms with E-state index in [4.69, 9.17) is 4.74 Å². The van der Waals surface area contributed by atoms with Crippen LogP contribution >= 0.6 is 0 Å². The second kappa shape index (κ2) is 9.03. The van der Waals surface area contributed by atoms with E-state index in [9.17, 15) is 22.7 Å². The van der Waals surface area contributed by atoms with E-state index >= 15 is 0 Å². The molecule has 28 heavy (non-hydrogen) atoms. The Kier molecular flexibility index (Phi) is 6.98. The van der Waals surface area contributed by atoms with Gasteiger partial charge < -0.3 is 14.7 Å². The van der Waals surface area contributed by atoms with Crippen molar-refractivity contribution in [2.45, 2.75) is 13.0 Å². The highest BCUT2D eigenvalue weighted by Crippen LogP contribution is 2.20. The van der Waals surface area contributed by atoms with Gasteiger partial charge in [-0.25, -0.2) is 12.8 Å². The summed E-state index contributed by atoms with van der Waals surface area (Å²) < 4.78 is 43.6. The molecule has 2 rings (SSSR count). The van der Waals surface area contributed by atoms with Crippen LogP contribution in [0.2, 0.25) is 0 Å². The molecule has 1 amide bonds. The predicted octanol–water partition coefficient (Wildman–Crippen LogP) is 2.01. The third kappa shape index (κ3) is 5.93. The Morgan fingerprint density at radius 1 is 1.11 bits per heavy atom. The lowest BCUT2D eigenvalue weighted by molar-refractivity contribution is -0.116. The van der Waals surface area contributed by atoms with Crippen LogP contribution in [0.25, 0.3) is 0 Å². The van der Waals surface area contributed by atoms with Gasteiger partial charge in [0.05, 0.1) is 18.5 Å². The molecule has 2 aromatic carbocycles. The lowest BCUT2D eigenvalue weighted by Gasteiger charge is -2.25. The fourth-order valence-electron chi connectivity index (χ4n) is 2.42. The number of nitrogens with zero attached hydrogens (tertiary/aromatic N) is 2. The number of halogens is 1. The number of aliphatic hydroxyl groups is 1. The normalized spacial score (nSPS) is 12.3. The molecule has 0 spiro atoms. The lowest BCUT2D eigenvalue weighted by Crippen LogP contribution is -2.39. The molecule has 7 nitrogen and oxygen atoms in total. The highest BCUT2D eigenvalue weighted by Gasteiger charge is 2.21. The molecular weight excluding hydrogens is 387 g/mol. The number of carbonyl (C=O) groups is 1. The summed E-state index contributed by atoms with van der Waals surface area (Å²) in [5.41, 5.74) is 0.944. The quantitative estimate of drug-likeness (QED) is 0.719. The zero-order chi connectivity index (χ0) is 20.9. The van der Waals surface area contributed by atoms with Crippen LogP contribution in [0.3, 0.4) is 0 Å². The summed E-state index contributed by atoms with van der Waals surface area (Å²) in [5, 5.41) is 10.2. The van der Waals surface area contributed by atoms with Gasteiger partial charge in [-0.05, 0) is 48.5 Å². The monoisotopic (exact) mass is 410 g/mol. The van der Waals surface area contributed by atoms with Crippen molar-refractivity contribution < 1.29 is 27.4 Å². The average Bonchev–Trinajstić information content (AvgIpc) is 2.64. The van der Waals surface area contributed by atoms with Crippen molar-refractivity contribution in [3.8, 4) is 5.75 Å². The summed E-state index contributed by atoms with van der Waals surface area (Å²) in [7, 11) is -2.02. The van der Waals surface area contributed by atoms with Crippen LogP contribution in [-0.4, -0.2) is 52.0 Å². The fraction of sp³-hybridized carbons (Fsp3) is 0.316. The summed E-state index contributed by atoms with van der Waals surface area (Å²) in [5.74, 6) is -0.127. The number of ether oxygens (including phenoxy) is 1. The number of rotatable bonds is 8. The van der Waals surface area contributed by atoms with Gasteiger partial charge in [0.15, 0.2) is 0 Å². The predicted molar refractivity (Wildman–Crippen MR) is 106 cm³/mol. The summed E-state index contributed by atoms with van der Waals surface area (Å²) >= 11 is 0. The number of carbonyl (C=O) groups excluding carboxylic acids is 1. The Bertz CT molecular complexity index is 901. The van der Waals surface area contributed by atoms with E-state index in [1.54, 1.807) is 31.3 Å². The van der Waals surface area contributed by atoms with Crippen molar-refractivity contribution in [3.05, 3.63) is 54.3 Å². The van der Waals surface area contributed by atoms with Gasteiger partial charge in [0.2, 0.25) is 15.9 Å². The SMILES string of the molecule is CC(=O)N(C)c1ccc(OC[C@H](O)CN(c2ccc(F)cc2)S(C)(=O)=O)cc1. The number of benzene rings is 2. The minimum atomic E-state index is -3.67. The molecule has 0 saturated heterocycles. The maximum absolute atomic E-state index is 13.1. The first-order chi connectivity index (χ1) is 13.1. The summed E-state index contributed by atoms with van der Waals surface area (Å²) in [6.45, 7) is 1.07. The number of hydrogen-bond donors (Lipinski definition) is 1. The second-order valence-electron chi connectivity index (χ2n) is 6.31. The van der Waals surface area contributed by atoms with Crippen molar-refractivity contribution in [1.29, 1.82) is 0 Å². The van der Waals surface area contributed by atoms with Crippen LogP contribution in [0, 0.1) is 5.82 Å². The smallest absolute Gasteiger partial charge is 0.232 e. The summed E-state index contributed by atoms with van der Waals surface area (Å²) in [6.07, 6.45) is -0.104. The van der Waals surface area contributed by atoms with E-state index in [1.165, 1.54) is 24.0 Å².